The SMILES string of the molecule is C=CCN(C[C@@H](CC)c1cc(=O)oc2c(C=O)c(O)ccc12)C(=O)O. The van der Waals surface area contributed by atoms with E-state index in [1.807, 2.05) is 6.92 Å². The van der Waals surface area contributed by atoms with Gasteiger partial charge in [-0.15, -0.1) is 6.58 Å². The smallest absolute Gasteiger partial charge is 0.407 e. The van der Waals surface area contributed by atoms with E-state index in [1.54, 1.807) is 6.07 Å². The molecule has 0 saturated carbocycles. The Balaban J connectivity index is 2.61. The quantitative estimate of drug-likeness (QED) is 0.454. The zero-order valence-corrected chi connectivity index (χ0v) is 13.8. The van der Waals surface area contributed by atoms with Gasteiger partial charge in [0.1, 0.15) is 5.75 Å². The van der Waals surface area contributed by atoms with Crippen LogP contribution in [-0.2, 0) is 0 Å². The van der Waals surface area contributed by atoms with Crippen molar-refractivity contribution in [1.82, 2.24) is 4.90 Å². The Morgan fingerprint density at radius 3 is 2.72 bits per heavy atom. The van der Waals surface area contributed by atoms with Crippen molar-refractivity contribution in [2.24, 2.45) is 0 Å². The highest BCUT2D eigenvalue weighted by Crippen LogP contribution is 2.32. The minimum atomic E-state index is -1.09. The highest BCUT2D eigenvalue weighted by atomic mass is 16.4. The van der Waals surface area contributed by atoms with E-state index in [0.717, 1.165) is 0 Å². The largest absolute Gasteiger partial charge is 0.507 e. The third-order valence-corrected chi connectivity index (χ3v) is 4.07. The summed E-state index contributed by atoms with van der Waals surface area (Å²) >= 11 is 0. The number of hydrogen-bond donors (Lipinski definition) is 2. The number of nitrogens with zero attached hydrogens (tertiary/aromatic N) is 1. The molecule has 1 aromatic carbocycles. The Labute approximate surface area is 143 Å². The molecule has 25 heavy (non-hydrogen) atoms. The first-order valence-corrected chi connectivity index (χ1v) is 7.76. The number of phenols is 1. The molecule has 132 valence electrons. The van der Waals surface area contributed by atoms with Gasteiger partial charge in [0, 0.05) is 30.5 Å². The minimum Gasteiger partial charge on any atom is -0.507 e. The molecule has 2 aromatic rings. The van der Waals surface area contributed by atoms with E-state index in [4.69, 9.17) is 4.42 Å². The number of fused-ring (bicyclic) bond motifs is 1. The van der Waals surface area contributed by atoms with Crippen LogP contribution in [0.15, 0.2) is 40.1 Å². The summed E-state index contributed by atoms with van der Waals surface area (Å²) < 4.78 is 5.11. The number of aldehydes is 1. The average Bonchev–Trinajstić information content (AvgIpc) is 2.57. The Kier molecular flexibility index (Phi) is 5.59. The molecule has 0 aliphatic heterocycles. The van der Waals surface area contributed by atoms with Crippen LogP contribution in [0.3, 0.4) is 0 Å². The molecule has 0 radical (unpaired) electrons. The maximum atomic E-state index is 11.9. The molecule has 0 spiro atoms. The van der Waals surface area contributed by atoms with E-state index < -0.39 is 11.7 Å². The van der Waals surface area contributed by atoms with E-state index in [2.05, 4.69) is 6.58 Å². The molecule has 2 N–H and O–H groups in total. The monoisotopic (exact) mass is 345 g/mol. The van der Waals surface area contributed by atoms with Crippen LogP contribution in [0.2, 0.25) is 0 Å². The third-order valence-electron chi connectivity index (χ3n) is 4.07. The van der Waals surface area contributed by atoms with Crippen LogP contribution >= 0.6 is 0 Å². The first-order chi connectivity index (χ1) is 11.9. The van der Waals surface area contributed by atoms with Crippen LogP contribution in [0.4, 0.5) is 4.79 Å². The van der Waals surface area contributed by atoms with Crippen molar-refractivity contribution in [2.75, 3.05) is 13.1 Å². The number of carboxylic acid groups (broad SMARTS) is 1. The average molecular weight is 345 g/mol. The van der Waals surface area contributed by atoms with Gasteiger partial charge in [0.05, 0.1) is 5.56 Å². The van der Waals surface area contributed by atoms with Crippen molar-refractivity contribution in [3.63, 3.8) is 0 Å². The molecular formula is C18H19NO6. The van der Waals surface area contributed by atoms with E-state index in [9.17, 15) is 24.6 Å². The van der Waals surface area contributed by atoms with Crippen LogP contribution in [0.5, 0.6) is 5.75 Å². The van der Waals surface area contributed by atoms with Crippen molar-refractivity contribution < 1.29 is 24.2 Å². The number of carbonyl (C=O) groups is 2. The van der Waals surface area contributed by atoms with Gasteiger partial charge in [-0.05, 0) is 24.1 Å². The normalized spacial score (nSPS) is 11.9. The second-order valence-corrected chi connectivity index (χ2v) is 5.60. The topological polar surface area (TPSA) is 108 Å². The van der Waals surface area contributed by atoms with Gasteiger partial charge in [0.2, 0.25) is 0 Å². The highest BCUT2D eigenvalue weighted by molar-refractivity contribution is 5.98. The van der Waals surface area contributed by atoms with Crippen LogP contribution in [0.25, 0.3) is 11.0 Å². The van der Waals surface area contributed by atoms with Gasteiger partial charge in [-0.2, -0.15) is 0 Å². The Morgan fingerprint density at radius 2 is 2.16 bits per heavy atom. The van der Waals surface area contributed by atoms with Gasteiger partial charge in [0.15, 0.2) is 11.9 Å². The Hall–Kier alpha value is -3.09. The second-order valence-electron chi connectivity index (χ2n) is 5.60. The predicted molar refractivity (Wildman–Crippen MR) is 92.4 cm³/mol. The van der Waals surface area contributed by atoms with Crippen LogP contribution < -0.4 is 5.63 Å². The maximum Gasteiger partial charge on any atom is 0.407 e. The molecule has 2 rings (SSSR count). The molecule has 1 heterocycles. The minimum absolute atomic E-state index is 0.00143. The number of rotatable bonds is 7. The van der Waals surface area contributed by atoms with Gasteiger partial charge in [-0.1, -0.05) is 13.0 Å². The molecule has 0 saturated heterocycles. The van der Waals surface area contributed by atoms with Crippen LogP contribution in [0.1, 0.15) is 35.2 Å². The lowest BCUT2D eigenvalue weighted by atomic mass is 9.92. The zero-order valence-electron chi connectivity index (χ0n) is 13.8. The van der Waals surface area contributed by atoms with Crippen LogP contribution in [-0.4, -0.2) is 40.6 Å². The van der Waals surface area contributed by atoms with E-state index >= 15 is 0 Å². The maximum absolute atomic E-state index is 11.9. The first-order valence-electron chi connectivity index (χ1n) is 7.76. The zero-order chi connectivity index (χ0) is 18.6. The highest BCUT2D eigenvalue weighted by Gasteiger charge is 2.22. The van der Waals surface area contributed by atoms with Gasteiger partial charge in [-0.3, -0.25) is 4.79 Å². The number of hydrogen-bond acceptors (Lipinski definition) is 5. The summed E-state index contributed by atoms with van der Waals surface area (Å²) in [4.78, 5) is 35.7. The number of aromatic hydroxyl groups is 1. The van der Waals surface area contributed by atoms with Gasteiger partial charge < -0.3 is 19.5 Å². The Bertz CT molecular complexity index is 870. The number of carbonyl (C=O) groups excluding carboxylic acids is 1. The van der Waals surface area contributed by atoms with Crippen molar-refractivity contribution >= 4 is 23.3 Å². The molecule has 1 amide bonds. The molecule has 0 bridgehead atoms. The summed E-state index contributed by atoms with van der Waals surface area (Å²) in [7, 11) is 0. The fourth-order valence-electron chi connectivity index (χ4n) is 2.81. The second kappa shape index (κ2) is 7.65. The van der Waals surface area contributed by atoms with Crippen LogP contribution in [0, 0.1) is 0 Å². The molecule has 1 aromatic heterocycles. The summed E-state index contributed by atoms with van der Waals surface area (Å²) in [5, 5.41) is 19.6. The van der Waals surface area contributed by atoms with Crippen molar-refractivity contribution in [3.05, 3.63) is 52.4 Å². The lowest BCUT2D eigenvalue weighted by Crippen LogP contribution is -2.33. The summed E-state index contributed by atoms with van der Waals surface area (Å²) in [6.07, 6.45) is 1.39. The van der Waals surface area contributed by atoms with Crippen molar-refractivity contribution in [3.8, 4) is 5.75 Å². The molecule has 1 atom stereocenters. The van der Waals surface area contributed by atoms with Crippen molar-refractivity contribution in [2.45, 2.75) is 19.3 Å². The lowest BCUT2D eigenvalue weighted by Gasteiger charge is -2.24. The predicted octanol–water partition coefficient (Wildman–Crippen LogP) is 2.97. The summed E-state index contributed by atoms with van der Waals surface area (Å²) in [6, 6.07) is 4.20. The molecular weight excluding hydrogens is 326 g/mol. The molecule has 0 aliphatic carbocycles. The molecule has 7 nitrogen and oxygen atoms in total. The Morgan fingerprint density at radius 1 is 1.44 bits per heavy atom. The first kappa shape index (κ1) is 18.3. The summed E-state index contributed by atoms with van der Waals surface area (Å²) in [5.74, 6) is -0.568. The summed E-state index contributed by atoms with van der Waals surface area (Å²) in [6.45, 7) is 5.74. The number of amides is 1. The van der Waals surface area contributed by atoms with Gasteiger partial charge in [-0.25, -0.2) is 9.59 Å². The standard InChI is InChI=1S/C18H19NO6/c1-3-7-19(18(23)24)9-11(4-2)13-8-16(22)25-17-12(13)5-6-15(21)14(17)10-20/h3,5-6,8,10-11,21H,1,4,7,9H2,2H3,(H,23,24)/t11-/m1/s1. The number of phenolic OH excluding ortho intramolecular Hbond substituents is 1. The third kappa shape index (κ3) is 3.71. The lowest BCUT2D eigenvalue weighted by molar-refractivity contribution is 0.112. The molecule has 0 fully saturated rings. The fraction of sp³-hybridized carbons (Fsp3) is 0.278. The van der Waals surface area contributed by atoms with Gasteiger partial charge in [0.25, 0.3) is 0 Å². The fourth-order valence-corrected chi connectivity index (χ4v) is 2.81. The molecule has 7 heteroatoms. The van der Waals surface area contributed by atoms with E-state index in [-0.39, 0.29) is 35.9 Å². The summed E-state index contributed by atoms with van der Waals surface area (Å²) in [5.41, 5.74) is -0.193. The van der Waals surface area contributed by atoms with Gasteiger partial charge >= 0.3 is 11.7 Å². The van der Waals surface area contributed by atoms with E-state index in [0.29, 0.717) is 23.7 Å². The molecule has 0 aliphatic rings. The number of benzene rings is 1. The van der Waals surface area contributed by atoms with E-state index in [1.165, 1.54) is 23.1 Å². The molecule has 0 unspecified atom stereocenters. The van der Waals surface area contributed by atoms with Crippen molar-refractivity contribution in [1.29, 1.82) is 0 Å².